The summed E-state index contributed by atoms with van der Waals surface area (Å²) in [6.07, 6.45) is 0. The van der Waals surface area contributed by atoms with E-state index in [2.05, 4.69) is 34.1 Å². The van der Waals surface area contributed by atoms with Crippen LogP contribution in [-0.2, 0) is 6.54 Å². The van der Waals surface area contributed by atoms with Crippen LogP contribution in [-0.4, -0.2) is 42.5 Å². The van der Waals surface area contributed by atoms with Crippen molar-refractivity contribution in [3.8, 4) is 0 Å². The fourth-order valence-electron chi connectivity index (χ4n) is 3.27. The van der Waals surface area contributed by atoms with Crippen LogP contribution >= 0.6 is 0 Å². The molecule has 1 atom stereocenters. The number of nitrogens with zero attached hydrogens (tertiary/aromatic N) is 2. The lowest BCUT2D eigenvalue weighted by Gasteiger charge is -2.39. The highest BCUT2D eigenvalue weighted by atomic mass is 19.1. The van der Waals surface area contributed by atoms with Gasteiger partial charge in [-0.3, -0.25) is 9.80 Å². The smallest absolute Gasteiger partial charge is 0.127 e. The zero-order valence-corrected chi connectivity index (χ0v) is 13.4. The van der Waals surface area contributed by atoms with E-state index in [4.69, 9.17) is 5.73 Å². The van der Waals surface area contributed by atoms with E-state index in [9.17, 15) is 4.39 Å². The molecule has 0 aliphatic carbocycles. The largest absolute Gasteiger partial charge is 0.329 e. The molecule has 2 aromatic carbocycles. The molecule has 1 fully saturated rings. The summed E-state index contributed by atoms with van der Waals surface area (Å²) >= 11 is 0. The molecule has 2 aromatic rings. The average Bonchev–Trinajstić information content (AvgIpc) is 2.60. The van der Waals surface area contributed by atoms with E-state index in [-0.39, 0.29) is 11.9 Å². The first-order chi connectivity index (χ1) is 11.3. The molecule has 1 saturated heterocycles. The number of rotatable bonds is 5. The molecule has 1 heterocycles. The zero-order valence-electron chi connectivity index (χ0n) is 13.4. The molecule has 0 amide bonds. The van der Waals surface area contributed by atoms with Gasteiger partial charge < -0.3 is 5.73 Å². The highest BCUT2D eigenvalue weighted by Crippen LogP contribution is 2.21. The molecule has 0 unspecified atom stereocenters. The highest BCUT2D eigenvalue weighted by Gasteiger charge is 2.24. The van der Waals surface area contributed by atoms with Crippen molar-refractivity contribution in [2.45, 2.75) is 12.6 Å². The van der Waals surface area contributed by atoms with Gasteiger partial charge >= 0.3 is 0 Å². The Morgan fingerprint density at radius 2 is 1.57 bits per heavy atom. The minimum Gasteiger partial charge on any atom is -0.329 e. The molecule has 1 aliphatic rings. The van der Waals surface area contributed by atoms with Crippen molar-refractivity contribution in [3.63, 3.8) is 0 Å². The Morgan fingerprint density at radius 1 is 0.913 bits per heavy atom. The van der Waals surface area contributed by atoms with Gasteiger partial charge in [0.25, 0.3) is 0 Å². The van der Waals surface area contributed by atoms with Crippen molar-refractivity contribution in [1.29, 1.82) is 0 Å². The first-order valence-electron chi connectivity index (χ1n) is 8.23. The predicted molar refractivity (Wildman–Crippen MR) is 91.5 cm³/mol. The van der Waals surface area contributed by atoms with Gasteiger partial charge in [0.1, 0.15) is 5.82 Å². The van der Waals surface area contributed by atoms with Gasteiger partial charge in [0.15, 0.2) is 0 Å². The van der Waals surface area contributed by atoms with Crippen LogP contribution in [0, 0.1) is 5.82 Å². The zero-order chi connectivity index (χ0) is 16.1. The Labute approximate surface area is 137 Å². The van der Waals surface area contributed by atoms with Crippen LogP contribution in [0.15, 0.2) is 54.6 Å². The average molecular weight is 313 g/mol. The molecule has 0 radical (unpaired) electrons. The van der Waals surface area contributed by atoms with Crippen molar-refractivity contribution in [2.24, 2.45) is 5.73 Å². The van der Waals surface area contributed by atoms with Crippen molar-refractivity contribution in [3.05, 3.63) is 71.5 Å². The third-order valence-electron chi connectivity index (χ3n) is 4.61. The van der Waals surface area contributed by atoms with Gasteiger partial charge in [-0.15, -0.1) is 0 Å². The molecule has 0 spiro atoms. The number of benzene rings is 2. The molecule has 122 valence electrons. The molecular weight excluding hydrogens is 289 g/mol. The maximum absolute atomic E-state index is 13.8. The van der Waals surface area contributed by atoms with Gasteiger partial charge in [-0.25, -0.2) is 4.39 Å². The van der Waals surface area contributed by atoms with Gasteiger partial charge in [-0.1, -0.05) is 48.5 Å². The summed E-state index contributed by atoms with van der Waals surface area (Å²) in [6.45, 7) is 5.11. The lowest BCUT2D eigenvalue weighted by atomic mass is 10.0. The molecule has 2 N–H and O–H groups in total. The Kier molecular flexibility index (Phi) is 5.39. The van der Waals surface area contributed by atoms with E-state index in [0.717, 1.165) is 31.7 Å². The molecule has 23 heavy (non-hydrogen) atoms. The van der Waals surface area contributed by atoms with E-state index < -0.39 is 0 Å². The summed E-state index contributed by atoms with van der Waals surface area (Å²) in [4.78, 5) is 4.75. The normalized spacial score (nSPS) is 18.0. The predicted octanol–water partition coefficient (Wildman–Crippen LogP) is 2.64. The van der Waals surface area contributed by atoms with Crippen LogP contribution in [0.5, 0.6) is 0 Å². The van der Waals surface area contributed by atoms with Crippen LogP contribution in [0.2, 0.25) is 0 Å². The van der Waals surface area contributed by atoms with Crippen molar-refractivity contribution in [2.75, 3.05) is 32.7 Å². The lowest BCUT2D eigenvalue weighted by molar-refractivity contribution is 0.0935. The van der Waals surface area contributed by atoms with E-state index in [0.29, 0.717) is 13.1 Å². The van der Waals surface area contributed by atoms with Crippen LogP contribution < -0.4 is 5.73 Å². The molecule has 1 aliphatic heterocycles. The van der Waals surface area contributed by atoms with Gasteiger partial charge in [0, 0.05) is 50.9 Å². The maximum Gasteiger partial charge on any atom is 0.127 e. The number of hydrogen-bond donors (Lipinski definition) is 1. The lowest BCUT2D eigenvalue weighted by Crippen LogP contribution is -2.48. The second-order valence-corrected chi connectivity index (χ2v) is 6.07. The topological polar surface area (TPSA) is 32.5 Å². The van der Waals surface area contributed by atoms with E-state index in [1.165, 1.54) is 11.6 Å². The quantitative estimate of drug-likeness (QED) is 0.921. The summed E-state index contributed by atoms with van der Waals surface area (Å²) in [5.74, 6) is -0.112. The molecule has 3 rings (SSSR count). The summed E-state index contributed by atoms with van der Waals surface area (Å²) in [7, 11) is 0. The summed E-state index contributed by atoms with van der Waals surface area (Å²) in [5, 5.41) is 0. The minimum atomic E-state index is -0.112. The van der Waals surface area contributed by atoms with E-state index >= 15 is 0 Å². The summed E-state index contributed by atoms with van der Waals surface area (Å²) in [5.41, 5.74) is 8.06. The van der Waals surface area contributed by atoms with Crippen molar-refractivity contribution < 1.29 is 4.39 Å². The second kappa shape index (κ2) is 7.68. The Hall–Kier alpha value is -1.75. The number of halogens is 1. The highest BCUT2D eigenvalue weighted by molar-refractivity contribution is 5.20. The van der Waals surface area contributed by atoms with Crippen LogP contribution in [0.4, 0.5) is 4.39 Å². The molecular formula is C19H24FN3. The van der Waals surface area contributed by atoms with Crippen LogP contribution in [0.25, 0.3) is 0 Å². The third-order valence-corrected chi connectivity index (χ3v) is 4.61. The number of hydrogen-bond acceptors (Lipinski definition) is 3. The fraction of sp³-hybridized carbons (Fsp3) is 0.368. The maximum atomic E-state index is 13.8. The molecule has 4 heteroatoms. The SMILES string of the molecule is NC[C@H](c1ccccc1)N1CCN(Cc2ccccc2F)CC1. The second-order valence-electron chi connectivity index (χ2n) is 6.07. The number of nitrogens with two attached hydrogens (primary N) is 1. The minimum absolute atomic E-state index is 0.112. The van der Waals surface area contributed by atoms with Crippen molar-refractivity contribution >= 4 is 0 Å². The third kappa shape index (κ3) is 3.96. The Bertz CT molecular complexity index is 609. The van der Waals surface area contributed by atoms with Crippen LogP contribution in [0.3, 0.4) is 0 Å². The Morgan fingerprint density at radius 3 is 2.22 bits per heavy atom. The fourth-order valence-corrected chi connectivity index (χ4v) is 3.27. The standard InChI is InChI=1S/C19H24FN3/c20-18-9-5-4-8-17(18)15-22-10-12-23(13-11-22)19(14-21)16-6-2-1-3-7-16/h1-9,19H,10-15,21H2/t19-/m1/s1. The van der Waals surface area contributed by atoms with Gasteiger partial charge in [0.2, 0.25) is 0 Å². The van der Waals surface area contributed by atoms with Gasteiger partial charge in [-0.05, 0) is 11.6 Å². The van der Waals surface area contributed by atoms with Gasteiger partial charge in [0.05, 0.1) is 0 Å². The summed E-state index contributed by atoms with van der Waals surface area (Å²) < 4.78 is 13.8. The molecule has 0 aromatic heterocycles. The molecule has 0 saturated carbocycles. The first kappa shape index (κ1) is 16.1. The summed E-state index contributed by atoms with van der Waals surface area (Å²) in [6, 6.07) is 17.7. The van der Waals surface area contributed by atoms with Crippen molar-refractivity contribution in [1.82, 2.24) is 9.80 Å². The first-order valence-corrected chi connectivity index (χ1v) is 8.23. The van der Waals surface area contributed by atoms with Gasteiger partial charge in [-0.2, -0.15) is 0 Å². The monoisotopic (exact) mass is 313 g/mol. The molecule has 3 nitrogen and oxygen atoms in total. The number of piperazine rings is 1. The molecule has 0 bridgehead atoms. The van der Waals surface area contributed by atoms with Crippen LogP contribution in [0.1, 0.15) is 17.2 Å². The van der Waals surface area contributed by atoms with E-state index in [1.54, 1.807) is 6.07 Å². The van der Waals surface area contributed by atoms with E-state index in [1.807, 2.05) is 18.2 Å². The Balaban J connectivity index is 1.59.